The van der Waals surface area contributed by atoms with Crippen molar-refractivity contribution in [2.75, 3.05) is 24.5 Å². The second-order valence-electron chi connectivity index (χ2n) is 7.86. The lowest BCUT2D eigenvalue weighted by Gasteiger charge is -2.28. The van der Waals surface area contributed by atoms with Gasteiger partial charge in [0.05, 0.1) is 4.92 Å². The van der Waals surface area contributed by atoms with Gasteiger partial charge in [-0.3, -0.25) is 14.9 Å². The second kappa shape index (κ2) is 11.4. The van der Waals surface area contributed by atoms with Gasteiger partial charge < -0.3 is 15.2 Å². The smallest absolute Gasteiger partial charge is 0.270 e. The number of amides is 1. The van der Waals surface area contributed by atoms with Crippen molar-refractivity contribution in [2.24, 2.45) is 0 Å². The number of benzene rings is 1. The summed E-state index contributed by atoms with van der Waals surface area (Å²) in [5, 5.41) is 14.8. The summed E-state index contributed by atoms with van der Waals surface area (Å²) in [6, 6.07) is 10.7. The molecule has 1 saturated heterocycles. The Kier molecular flexibility index (Phi) is 8.40. The van der Waals surface area contributed by atoms with Gasteiger partial charge >= 0.3 is 0 Å². The number of aromatic amines is 1. The standard InChI is InChI=1S/C23H27N5O3.C2H6/c1-2-18-19-15-17(28(30)31)9-10-20(19)26-22(18)23(29)24-12-11-16-7-6-8-21(25-16)27-13-4-3-5-14-27;1-2/h6-10,15,26H,2-5,11-14H2,1H3,(H,24,29);1-2H3. The van der Waals surface area contributed by atoms with Gasteiger partial charge in [-0.05, 0) is 49.4 Å². The molecule has 8 nitrogen and oxygen atoms in total. The zero-order valence-electron chi connectivity index (χ0n) is 19.7. The zero-order chi connectivity index (χ0) is 23.8. The van der Waals surface area contributed by atoms with E-state index in [2.05, 4.69) is 15.2 Å². The van der Waals surface area contributed by atoms with Gasteiger partial charge in [-0.1, -0.05) is 26.8 Å². The van der Waals surface area contributed by atoms with Crippen LogP contribution in [0.1, 0.15) is 61.8 Å². The molecule has 0 radical (unpaired) electrons. The molecule has 1 aliphatic heterocycles. The third-order valence-electron chi connectivity index (χ3n) is 5.82. The van der Waals surface area contributed by atoms with Gasteiger partial charge in [0, 0.05) is 54.8 Å². The maximum atomic E-state index is 12.8. The van der Waals surface area contributed by atoms with Crippen molar-refractivity contribution in [1.82, 2.24) is 15.3 Å². The largest absolute Gasteiger partial charge is 0.357 e. The Balaban J connectivity index is 0.00000149. The van der Waals surface area contributed by atoms with E-state index < -0.39 is 4.92 Å². The van der Waals surface area contributed by atoms with Crippen LogP contribution in [0.5, 0.6) is 0 Å². The molecule has 0 spiro atoms. The molecule has 0 bridgehead atoms. The van der Waals surface area contributed by atoms with Gasteiger partial charge in [0.1, 0.15) is 11.5 Å². The fourth-order valence-corrected chi connectivity index (χ4v) is 4.21. The number of hydrogen-bond acceptors (Lipinski definition) is 5. The molecule has 2 aromatic heterocycles. The number of aryl methyl sites for hydroxylation is 1. The predicted molar refractivity (Wildman–Crippen MR) is 132 cm³/mol. The minimum atomic E-state index is -0.420. The van der Waals surface area contributed by atoms with Gasteiger partial charge in [-0.15, -0.1) is 0 Å². The molecule has 1 fully saturated rings. The Morgan fingerprint density at radius 2 is 1.94 bits per heavy atom. The van der Waals surface area contributed by atoms with E-state index >= 15 is 0 Å². The van der Waals surface area contributed by atoms with Crippen LogP contribution in [0.4, 0.5) is 11.5 Å². The highest BCUT2D eigenvalue weighted by atomic mass is 16.6. The summed E-state index contributed by atoms with van der Waals surface area (Å²) in [4.78, 5) is 33.7. The summed E-state index contributed by atoms with van der Waals surface area (Å²) < 4.78 is 0. The number of carbonyl (C=O) groups is 1. The number of pyridine rings is 1. The number of carbonyl (C=O) groups excluding carboxylic acids is 1. The SMILES string of the molecule is CC.CCc1c(C(=O)NCCc2cccc(N3CCCCC3)n2)[nH]c2ccc([N+](=O)[O-])cc12. The van der Waals surface area contributed by atoms with Crippen LogP contribution in [-0.2, 0) is 12.8 Å². The van der Waals surface area contributed by atoms with Crippen molar-refractivity contribution < 1.29 is 9.72 Å². The van der Waals surface area contributed by atoms with Crippen LogP contribution in [0.25, 0.3) is 10.9 Å². The van der Waals surface area contributed by atoms with Crippen LogP contribution < -0.4 is 10.2 Å². The maximum Gasteiger partial charge on any atom is 0.270 e. The second-order valence-corrected chi connectivity index (χ2v) is 7.86. The molecule has 1 amide bonds. The maximum absolute atomic E-state index is 12.8. The predicted octanol–water partition coefficient (Wildman–Crippen LogP) is 5.02. The number of aromatic nitrogens is 2. The Morgan fingerprint density at radius 1 is 1.18 bits per heavy atom. The molecule has 33 heavy (non-hydrogen) atoms. The number of nitro groups is 1. The minimum absolute atomic E-state index is 0.0211. The van der Waals surface area contributed by atoms with Crippen LogP contribution in [0.15, 0.2) is 36.4 Å². The fourth-order valence-electron chi connectivity index (χ4n) is 4.21. The summed E-state index contributed by atoms with van der Waals surface area (Å²) in [5.74, 6) is 0.803. The minimum Gasteiger partial charge on any atom is -0.357 e. The molecule has 2 N–H and O–H groups in total. The number of fused-ring (bicyclic) bond motifs is 1. The zero-order valence-corrected chi connectivity index (χ0v) is 19.7. The molecule has 1 aromatic carbocycles. The molecule has 176 valence electrons. The number of nitro benzene ring substituents is 1. The van der Waals surface area contributed by atoms with E-state index in [4.69, 9.17) is 4.98 Å². The van der Waals surface area contributed by atoms with Gasteiger partial charge in [0.15, 0.2) is 0 Å². The third kappa shape index (κ3) is 5.69. The number of non-ortho nitro benzene ring substituents is 1. The number of nitrogens with zero attached hydrogens (tertiary/aromatic N) is 3. The van der Waals surface area contributed by atoms with E-state index in [-0.39, 0.29) is 11.6 Å². The molecule has 3 aromatic rings. The normalized spacial score (nSPS) is 13.4. The Morgan fingerprint density at radius 3 is 2.64 bits per heavy atom. The quantitative estimate of drug-likeness (QED) is 0.388. The first kappa shape index (κ1) is 24.2. The van der Waals surface area contributed by atoms with Crippen LogP contribution in [0.2, 0.25) is 0 Å². The van der Waals surface area contributed by atoms with Crippen LogP contribution in [0.3, 0.4) is 0 Å². The Hall–Kier alpha value is -3.42. The highest BCUT2D eigenvalue weighted by Crippen LogP contribution is 2.27. The van der Waals surface area contributed by atoms with Crippen molar-refractivity contribution in [3.8, 4) is 0 Å². The van der Waals surface area contributed by atoms with Gasteiger partial charge in [-0.25, -0.2) is 4.98 Å². The molecule has 4 rings (SSSR count). The fraction of sp³-hybridized carbons (Fsp3) is 0.440. The van der Waals surface area contributed by atoms with Gasteiger partial charge in [0.25, 0.3) is 11.6 Å². The summed E-state index contributed by atoms with van der Waals surface area (Å²) in [6.07, 6.45) is 4.93. The highest BCUT2D eigenvalue weighted by Gasteiger charge is 2.19. The van der Waals surface area contributed by atoms with Crippen LogP contribution in [-0.4, -0.2) is 40.4 Å². The van der Waals surface area contributed by atoms with E-state index in [1.165, 1.54) is 31.4 Å². The number of piperidine rings is 1. The van der Waals surface area contributed by atoms with E-state index in [0.29, 0.717) is 25.1 Å². The number of rotatable bonds is 7. The number of nitrogens with one attached hydrogen (secondary N) is 2. The van der Waals surface area contributed by atoms with Crippen molar-refractivity contribution >= 4 is 28.3 Å². The number of anilines is 1. The summed E-state index contributed by atoms with van der Waals surface area (Å²) in [7, 11) is 0. The number of hydrogen-bond donors (Lipinski definition) is 2. The van der Waals surface area contributed by atoms with Crippen molar-refractivity contribution in [3.63, 3.8) is 0 Å². The van der Waals surface area contributed by atoms with E-state index in [9.17, 15) is 14.9 Å². The Labute approximate surface area is 194 Å². The molecule has 8 heteroatoms. The monoisotopic (exact) mass is 451 g/mol. The molecule has 0 unspecified atom stereocenters. The topological polar surface area (TPSA) is 104 Å². The first-order valence-corrected chi connectivity index (χ1v) is 11.8. The highest BCUT2D eigenvalue weighted by molar-refractivity contribution is 6.01. The van der Waals surface area contributed by atoms with Crippen LogP contribution in [0, 0.1) is 10.1 Å². The summed E-state index contributed by atoms with van der Waals surface area (Å²) in [6.45, 7) is 8.50. The third-order valence-corrected chi connectivity index (χ3v) is 5.82. The van der Waals surface area contributed by atoms with Crippen molar-refractivity contribution in [1.29, 1.82) is 0 Å². The van der Waals surface area contributed by atoms with Crippen molar-refractivity contribution in [2.45, 2.75) is 52.9 Å². The van der Waals surface area contributed by atoms with E-state index in [0.717, 1.165) is 41.1 Å². The lowest BCUT2D eigenvalue weighted by molar-refractivity contribution is -0.384. The first-order valence-electron chi connectivity index (χ1n) is 11.8. The average molecular weight is 452 g/mol. The van der Waals surface area contributed by atoms with Gasteiger partial charge in [0.2, 0.25) is 0 Å². The summed E-state index contributed by atoms with van der Waals surface area (Å²) >= 11 is 0. The molecule has 0 aliphatic carbocycles. The molecule has 0 atom stereocenters. The molecule has 1 aliphatic rings. The first-order chi connectivity index (χ1) is 16.1. The molecule has 3 heterocycles. The Bertz CT molecular complexity index is 1100. The molecular formula is C25H33N5O3. The number of H-pyrrole nitrogens is 1. The molecular weight excluding hydrogens is 418 g/mol. The van der Waals surface area contributed by atoms with E-state index in [1.54, 1.807) is 6.07 Å². The summed E-state index contributed by atoms with van der Waals surface area (Å²) in [5.41, 5.74) is 2.96. The average Bonchev–Trinajstić information content (AvgIpc) is 3.24. The lowest BCUT2D eigenvalue weighted by atomic mass is 10.1. The van der Waals surface area contributed by atoms with Crippen LogP contribution >= 0.6 is 0 Å². The molecule has 0 saturated carbocycles. The van der Waals surface area contributed by atoms with E-state index in [1.807, 2.05) is 39.0 Å². The van der Waals surface area contributed by atoms with Crippen molar-refractivity contribution in [3.05, 3.63) is 63.5 Å². The van der Waals surface area contributed by atoms with Gasteiger partial charge in [-0.2, -0.15) is 0 Å². The lowest BCUT2D eigenvalue weighted by Crippen LogP contribution is -2.30.